The molecule has 2 amide bonds. The standard InChI is InChI=1S/C19H30N2O6/c1-20(15-12-26-13-16(15)22)18(23)17(11-14-5-3-2-4-6-14)27-19(24)21-7-9-25-10-8-21/h14-15,17H,2-13H2,1H3. The van der Waals surface area contributed by atoms with Crippen LogP contribution in [-0.2, 0) is 23.8 Å². The van der Waals surface area contributed by atoms with Crippen LogP contribution in [0.4, 0.5) is 4.79 Å². The van der Waals surface area contributed by atoms with Gasteiger partial charge in [0.05, 0.1) is 19.8 Å². The van der Waals surface area contributed by atoms with E-state index in [0.29, 0.717) is 38.6 Å². The molecular weight excluding hydrogens is 352 g/mol. The summed E-state index contributed by atoms with van der Waals surface area (Å²) >= 11 is 0. The van der Waals surface area contributed by atoms with Gasteiger partial charge in [-0.25, -0.2) is 4.79 Å². The molecule has 0 bridgehead atoms. The molecule has 0 aromatic carbocycles. The highest BCUT2D eigenvalue weighted by molar-refractivity contribution is 5.92. The van der Waals surface area contributed by atoms with Gasteiger partial charge in [0.2, 0.25) is 0 Å². The maximum Gasteiger partial charge on any atom is 0.410 e. The summed E-state index contributed by atoms with van der Waals surface area (Å²) < 4.78 is 16.1. The number of ketones is 1. The molecule has 0 N–H and O–H groups in total. The molecule has 3 rings (SSSR count). The molecule has 2 aliphatic heterocycles. The third-order valence-electron chi connectivity index (χ3n) is 5.77. The van der Waals surface area contributed by atoms with Crippen LogP contribution >= 0.6 is 0 Å². The second-order valence-electron chi connectivity index (χ2n) is 7.66. The minimum absolute atomic E-state index is 0.0309. The molecule has 8 nitrogen and oxygen atoms in total. The van der Waals surface area contributed by atoms with Crippen molar-refractivity contribution < 1.29 is 28.6 Å². The van der Waals surface area contributed by atoms with Crippen molar-refractivity contribution in [3.63, 3.8) is 0 Å². The van der Waals surface area contributed by atoms with E-state index in [0.717, 1.165) is 25.7 Å². The summed E-state index contributed by atoms with van der Waals surface area (Å²) in [5.74, 6) is -0.0538. The highest BCUT2D eigenvalue weighted by atomic mass is 16.6. The lowest BCUT2D eigenvalue weighted by molar-refractivity contribution is -0.145. The van der Waals surface area contributed by atoms with Gasteiger partial charge in [0, 0.05) is 20.1 Å². The SMILES string of the molecule is CN(C(=O)C(CC1CCCCC1)OC(=O)N1CCOCC1)C1COCC1=O. The lowest BCUT2D eigenvalue weighted by atomic mass is 9.85. The number of likely N-dealkylation sites (N-methyl/N-ethyl adjacent to an activating group) is 1. The summed E-state index contributed by atoms with van der Waals surface area (Å²) in [6, 6.07) is -0.589. The first-order valence-electron chi connectivity index (χ1n) is 9.96. The highest BCUT2D eigenvalue weighted by Gasteiger charge is 2.38. The summed E-state index contributed by atoms with van der Waals surface area (Å²) in [5, 5.41) is 0. The average Bonchev–Trinajstić information content (AvgIpc) is 3.13. The number of hydrogen-bond donors (Lipinski definition) is 0. The number of carbonyl (C=O) groups excluding carboxylic acids is 3. The third kappa shape index (κ3) is 5.19. The molecule has 2 saturated heterocycles. The Hall–Kier alpha value is -1.67. The van der Waals surface area contributed by atoms with E-state index in [9.17, 15) is 14.4 Å². The van der Waals surface area contributed by atoms with Gasteiger partial charge in [0.1, 0.15) is 12.6 Å². The molecule has 2 atom stereocenters. The molecule has 0 aromatic rings. The zero-order chi connectivity index (χ0) is 19.2. The quantitative estimate of drug-likeness (QED) is 0.711. The van der Waals surface area contributed by atoms with E-state index in [2.05, 4.69) is 0 Å². The number of nitrogens with zero attached hydrogens (tertiary/aromatic N) is 2. The van der Waals surface area contributed by atoms with Crippen LogP contribution < -0.4 is 0 Å². The molecule has 0 radical (unpaired) electrons. The smallest absolute Gasteiger partial charge is 0.410 e. The van der Waals surface area contributed by atoms with E-state index >= 15 is 0 Å². The summed E-state index contributed by atoms with van der Waals surface area (Å²) in [5.41, 5.74) is 0. The second-order valence-corrected chi connectivity index (χ2v) is 7.66. The summed E-state index contributed by atoms with van der Waals surface area (Å²) in [6.45, 7) is 2.12. The first-order valence-corrected chi connectivity index (χ1v) is 9.96. The van der Waals surface area contributed by atoms with Crippen molar-refractivity contribution in [2.45, 2.75) is 50.7 Å². The van der Waals surface area contributed by atoms with Crippen LogP contribution in [0.2, 0.25) is 0 Å². The van der Waals surface area contributed by atoms with Gasteiger partial charge < -0.3 is 24.0 Å². The number of Topliss-reactive ketones (excluding diaryl/α,β-unsaturated/α-hetero) is 1. The van der Waals surface area contributed by atoms with Crippen molar-refractivity contribution in [1.29, 1.82) is 0 Å². The van der Waals surface area contributed by atoms with Gasteiger partial charge in [-0.2, -0.15) is 0 Å². The van der Waals surface area contributed by atoms with E-state index in [1.165, 1.54) is 11.3 Å². The maximum atomic E-state index is 13.1. The molecule has 2 heterocycles. The molecular formula is C19H30N2O6. The van der Waals surface area contributed by atoms with Crippen molar-refractivity contribution in [3.8, 4) is 0 Å². The fraction of sp³-hybridized carbons (Fsp3) is 0.842. The molecule has 3 fully saturated rings. The number of ether oxygens (including phenoxy) is 3. The van der Waals surface area contributed by atoms with Gasteiger partial charge in [-0.3, -0.25) is 9.59 Å². The molecule has 1 aliphatic carbocycles. The molecule has 2 unspecified atom stereocenters. The van der Waals surface area contributed by atoms with E-state index in [4.69, 9.17) is 14.2 Å². The second kappa shape index (κ2) is 9.50. The molecule has 0 aromatic heterocycles. The first-order chi connectivity index (χ1) is 13.1. The Morgan fingerprint density at radius 3 is 2.52 bits per heavy atom. The van der Waals surface area contributed by atoms with Crippen LogP contribution in [-0.4, -0.2) is 86.3 Å². The van der Waals surface area contributed by atoms with Gasteiger partial charge >= 0.3 is 6.09 Å². The zero-order valence-corrected chi connectivity index (χ0v) is 16.1. The van der Waals surface area contributed by atoms with Gasteiger partial charge in [0.25, 0.3) is 5.91 Å². The minimum atomic E-state index is -0.859. The molecule has 1 saturated carbocycles. The molecule has 27 heavy (non-hydrogen) atoms. The fourth-order valence-electron chi connectivity index (χ4n) is 4.04. The normalized spacial score (nSPS) is 25.3. The molecule has 152 valence electrons. The van der Waals surface area contributed by atoms with E-state index in [1.807, 2.05) is 0 Å². The Labute approximate surface area is 160 Å². The van der Waals surface area contributed by atoms with Crippen LogP contribution in [0.25, 0.3) is 0 Å². The Bertz CT molecular complexity index is 542. The van der Waals surface area contributed by atoms with Crippen LogP contribution in [0.3, 0.4) is 0 Å². The topological polar surface area (TPSA) is 85.4 Å². The minimum Gasteiger partial charge on any atom is -0.436 e. The highest BCUT2D eigenvalue weighted by Crippen LogP contribution is 2.29. The predicted octanol–water partition coefficient (Wildman–Crippen LogP) is 1.22. The van der Waals surface area contributed by atoms with Gasteiger partial charge in [-0.1, -0.05) is 32.1 Å². The van der Waals surface area contributed by atoms with Gasteiger partial charge in [-0.15, -0.1) is 0 Å². The average molecular weight is 382 g/mol. The van der Waals surface area contributed by atoms with Crippen LogP contribution in [0.1, 0.15) is 38.5 Å². The monoisotopic (exact) mass is 382 g/mol. The summed E-state index contributed by atoms with van der Waals surface area (Å²) in [4.78, 5) is 40.5. The van der Waals surface area contributed by atoms with E-state index in [-0.39, 0.29) is 24.9 Å². The number of rotatable bonds is 5. The Morgan fingerprint density at radius 1 is 1.19 bits per heavy atom. The largest absolute Gasteiger partial charge is 0.436 e. The van der Waals surface area contributed by atoms with Crippen LogP contribution in [0, 0.1) is 5.92 Å². The van der Waals surface area contributed by atoms with Gasteiger partial charge in [-0.05, 0) is 12.3 Å². The number of hydrogen-bond acceptors (Lipinski definition) is 6. The third-order valence-corrected chi connectivity index (χ3v) is 5.77. The predicted molar refractivity (Wildman–Crippen MR) is 96.2 cm³/mol. The Balaban J connectivity index is 1.66. The van der Waals surface area contributed by atoms with E-state index in [1.54, 1.807) is 11.9 Å². The summed E-state index contributed by atoms with van der Waals surface area (Å²) in [7, 11) is 1.59. The van der Waals surface area contributed by atoms with Gasteiger partial charge in [0.15, 0.2) is 11.9 Å². The van der Waals surface area contributed by atoms with Crippen LogP contribution in [0.5, 0.6) is 0 Å². The van der Waals surface area contributed by atoms with Crippen molar-refractivity contribution >= 4 is 17.8 Å². The Kier molecular flexibility index (Phi) is 7.07. The van der Waals surface area contributed by atoms with Crippen molar-refractivity contribution in [3.05, 3.63) is 0 Å². The number of amides is 2. The molecule has 8 heteroatoms. The van der Waals surface area contributed by atoms with Crippen molar-refractivity contribution in [1.82, 2.24) is 9.80 Å². The van der Waals surface area contributed by atoms with Crippen LogP contribution in [0.15, 0.2) is 0 Å². The fourth-order valence-corrected chi connectivity index (χ4v) is 4.04. The number of morpholine rings is 1. The summed E-state index contributed by atoms with van der Waals surface area (Å²) in [6.07, 6.45) is 4.79. The van der Waals surface area contributed by atoms with Crippen molar-refractivity contribution in [2.24, 2.45) is 5.92 Å². The lowest BCUT2D eigenvalue weighted by Gasteiger charge is -2.32. The number of carbonyl (C=O) groups is 3. The first kappa shape index (κ1) is 20.1. The van der Waals surface area contributed by atoms with Crippen molar-refractivity contribution in [2.75, 3.05) is 46.6 Å². The Morgan fingerprint density at radius 2 is 1.89 bits per heavy atom. The zero-order valence-electron chi connectivity index (χ0n) is 16.1. The van der Waals surface area contributed by atoms with E-state index < -0.39 is 18.2 Å². The lowest BCUT2D eigenvalue weighted by Crippen LogP contribution is -2.50. The maximum absolute atomic E-state index is 13.1. The molecule has 3 aliphatic rings. The molecule has 0 spiro atoms.